The summed E-state index contributed by atoms with van der Waals surface area (Å²) in [4.78, 5) is 50.9. The molecule has 3 amide bonds. The molecule has 0 aliphatic carbocycles. The number of H-pyrrole nitrogens is 1. The Labute approximate surface area is 259 Å². The number of halogens is 2. The molecule has 4 aromatic rings. The van der Waals surface area contributed by atoms with E-state index < -0.39 is 29.8 Å². The third kappa shape index (κ3) is 6.84. The Hall–Kier alpha value is -5.13. The predicted octanol–water partition coefficient (Wildman–Crippen LogP) is 6.02. The predicted molar refractivity (Wildman–Crippen MR) is 164 cm³/mol. The highest BCUT2D eigenvalue weighted by Gasteiger charge is 2.37. The van der Waals surface area contributed by atoms with Gasteiger partial charge in [-0.05, 0) is 72.2 Å². The number of nitrogens with one attached hydrogen (secondary N) is 3. The first-order valence-electron chi connectivity index (χ1n) is 14.6. The van der Waals surface area contributed by atoms with Crippen LogP contribution in [0.1, 0.15) is 54.5 Å². The van der Waals surface area contributed by atoms with Gasteiger partial charge in [-0.25, -0.2) is 19.2 Å². The van der Waals surface area contributed by atoms with Crippen molar-refractivity contribution in [2.24, 2.45) is 5.92 Å². The maximum absolute atomic E-state index is 15.1. The molecule has 45 heavy (non-hydrogen) atoms. The number of ether oxygens (including phenoxy) is 1. The largest absolute Gasteiger partial charge is 0.453 e. The van der Waals surface area contributed by atoms with Gasteiger partial charge in [-0.2, -0.15) is 4.39 Å². The number of carbonyl (C=O) groups excluding carboxylic acids is 3. The number of anilines is 1. The Morgan fingerprint density at radius 2 is 1.76 bits per heavy atom. The number of pyridine rings is 1. The molecule has 5 rings (SSSR count). The SMILES string of the molecule is COC(=O)N[C@H](C(=O)N1CCC[C@H]1c1ncc(-c2ccc(-c3cc(F)c(NC(=O)c4ccc(F)nc4)cc3C)cc2)[nH]1)C(C)C. The van der Waals surface area contributed by atoms with Gasteiger partial charge in [-0.15, -0.1) is 0 Å². The van der Waals surface area contributed by atoms with Gasteiger partial charge in [0.05, 0.1) is 36.3 Å². The molecule has 2 atom stereocenters. The first-order valence-corrected chi connectivity index (χ1v) is 14.6. The number of imidazole rings is 1. The zero-order valence-electron chi connectivity index (χ0n) is 25.4. The Morgan fingerprint density at radius 1 is 1.02 bits per heavy atom. The first-order chi connectivity index (χ1) is 21.5. The maximum Gasteiger partial charge on any atom is 0.407 e. The zero-order valence-corrected chi connectivity index (χ0v) is 25.4. The van der Waals surface area contributed by atoms with E-state index in [2.05, 4.69) is 25.6 Å². The van der Waals surface area contributed by atoms with E-state index in [1.165, 1.54) is 19.2 Å². The van der Waals surface area contributed by atoms with Gasteiger partial charge < -0.3 is 25.3 Å². The molecule has 1 aliphatic heterocycles. The van der Waals surface area contributed by atoms with E-state index in [4.69, 9.17) is 4.74 Å². The quantitative estimate of drug-likeness (QED) is 0.208. The molecule has 0 radical (unpaired) electrons. The van der Waals surface area contributed by atoms with Crippen molar-refractivity contribution in [2.75, 3.05) is 19.0 Å². The fourth-order valence-electron chi connectivity index (χ4n) is 5.47. The Bertz CT molecular complexity index is 1710. The highest BCUT2D eigenvalue weighted by atomic mass is 19.1. The summed E-state index contributed by atoms with van der Waals surface area (Å²) < 4.78 is 32.8. The van der Waals surface area contributed by atoms with Crippen molar-refractivity contribution in [3.8, 4) is 22.4 Å². The Kier molecular flexibility index (Phi) is 9.21. The summed E-state index contributed by atoms with van der Waals surface area (Å²) in [5.41, 5.74) is 3.92. The van der Waals surface area contributed by atoms with Crippen molar-refractivity contribution in [3.05, 3.63) is 89.6 Å². The molecule has 0 saturated carbocycles. The molecule has 1 saturated heterocycles. The molecule has 3 N–H and O–H groups in total. The minimum Gasteiger partial charge on any atom is -0.453 e. The van der Waals surface area contributed by atoms with Crippen LogP contribution in [0.5, 0.6) is 0 Å². The number of rotatable bonds is 8. The third-order valence-electron chi connectivity index (χ3n) is 7.90. The molecule has 12 heteroatoms. The summed E-state index contributed by atoms with van der Waals surface area (Å²) in [6.45, 7) is 6.11. The van der Waals surface area contributed by atoms with Gasteiger partial charge in [-0.3, -0.25) is 9.59 Å². The van der Waals surface area contributed by atoms with Crippen molar-refractivity contribution < 1.29 is 27.9 Å². The normalized spacial score (nSPS) is 15.2. The summed E-state index contributed by atoms with van der Waals surface area (Å²) >= 11 is 0. The van der Waals surface area contributed by atoms with Crippen molar-refractivity contribution in [1.29, 1.82) is 0 Å². The van der Waals surface area contributed by atoms with Crippen LogP contribution in [0.15, 0.2) is 60.9 Å². The molecule has 1 fully saturated rings. The molecule has 10 nitrogen and oxygen atoms in total. The molecule has 0 unspecified atom stereocenters. The molecule has 234 valence electrons. The zero-order chi connectivity index (χ0) is 32.2. The van der Waals surface area contributed by atoms with E-state index in [1.54, 1.807) is 17.2 Å². The van der Waals surface area contributed by atoms with E-state index in [1.807, 2.05) is 45.0 Å². The number of carbonyl (C=O) groups is 3. The monoisotopic (exact) mass is 616 g/mol. The number of benzene rings is 2. The number of hydrogen-bond donors (Lipinski definition) is 3. The minimum atomic E-state index is -0.717. The lowest BCUT2D eigenvalue weighted by molar-refractivity contribution is -0.135. The summed E-state index contributed by atoms with van der Waals surface area (Å²) in [5.74, 6) is -1.57. The van der Waals surface area contributed by atoms with E-state index >= 15 is 4.39 Å². The second-order valence-electron chi connectivity index (χ2n) is 11.3. The van der Waals surface area contributed by atoms with Crippen molar-refractivity contribution in [2.45, 2.75) is 45.7 Å². The Balaban J connectivity index is 1.30. The van der Waals surface area contributed by atoms with Gasteiger partial charge >= 0.3 is 6.09 Å². The summed E-state index contributed by atoms with van der Waals surface area (Å²) in [7, 11) is 1.26. The summed E-state index contributed by atoms with van der Waals surface area (Å²) in [5, 5.41) is 5.17. The van der Waals surface area contributed by atoms with E-state index in [0.29, 0.717) is 17.9 Å². The van der Waals surface area contributed by atoms with Gasteiger partial charge in [-0.1, -0.05) is 38.1 Å². The third-order valence-corrected chi connectivity index (χ3v) is 7.90. The second-order valence-corrected chi connectivity index (χ2v) is 11.3. The first kappa shape index (κ1) is 31.3. The molecule has 0 bridgehead atoms. The minimum absolute atomic E-state index is 0.00687. The lowest BCUT2D eigenvalue weighted by Crippen LogP contribution is -2.51. The molecule has 3 heterocycles. The van der Waals surface area contributed by atoms with E-state index in [-0.39, 0.29) is 29.1 Å². The number of aromatic amines is 1. The highest BCUT2D eigenvalue weighted by molar-refractivity contribution is 6.04. The van der Waals surface area contributed by atoms with Crippen LogP contribution < -0.4 is 10.6 Å². The van der Waals surface area contributed by atoms with Gasteiger partial charge in [0.25, 0.3) is 5.91 Å². The number of amides is 3. The molecule has 2 aromatic heterocycles. The van der Waals surface area contributed by atoms with E-state index in [9.17, 15) is 18.8 Å². The smallest absolute Gasteiger partial charge is 0.407 e. The van der Waals surface area contributed by atoms with Crippen LogP contribution in [0.3, 0.4) is 0 Å². The molecule has 0 spiro atoms. The lowest BCUT2D eigenvalue weighted by Gasteiger charge is -2.30. The molecule has 2 aromatic carbocycles. The lowest BCUT2D eigenvalue weighted by atomic mass is 9.98. The van der Waals surface area contributed by atoms with Crippen LogP contribution in [0.4, 0.5) is 19.3 Å². The second kappa shape index (κ2) is 13.2. The fraction of sp³-hybridized carbons (Fsp3) is 0.303. The molecule has 1 aliphatic rings. The average molecular weight is 617 g/mol. The van der Waals surface area contributed by atoms with Gasteiger partial charge in [0.15, 0.2) is 0 Å². The van der Waals surface area contributed by atoms with Crippen LogP contribution in [0.25, 0.3) is 22.4 Å². The number of nitrogens with zero attached hydrogens (tertiary/aromatic N) is 3. The van der Waals surface area contributed by atoms with Gasteiger partial charge in [0.2, 0.25) is 11.9 Å². The van der Waals surface area contributed by atoms with Gasteiger partial charge in [0.1, 0.15) is 17.7 Å². The van der Waals surface area contributed by atoms with Crippen LogP contribution >= 0.6 is 0 Å². The van der Waals surface area contributed by atoms with Crippen LogP contribution in [-0.4, -0.2) is 57.5 Å². The van der Waals surface area contributed by atoms with Crippen molar-refractivity contribution in [1.82, 2.24) is 25.2 Å². The summed E-state index contributed by atoms with van der Waals surface area (Å²) in [6.07, 6.45) is 3.71. The van der Waals surface area contributed by atoms with Crippen molar-refractivity contribution >= 4 is 23.6 Å². The number of aromatic nitrogens is 3. The number of hydrogen-bond acceptors (Lipinski definition) is 6. The van der Waals surface area contributed by atoms with Crippen LogP contribution in [0.2, 0.25) is 0 Å². The van der Waals surface area contributed by atoms with Crippen LogP contribution in [0, 0.1) is 24.6 Å². The molecular weight excluding hydrogens is 582 g/mol. The average Bonchev–Trinajstić information content (AvgIpc) is 3.72. The highest BCUT2D eigenvalue weighted by Crippen LogP contribution is 2.34. The summed E-state index contributed by atoms with van der Waals surface area (Å²) in [6, 6.07) is 11.8. The maximum atomic E-state index is 15.1. The fourth-order valence-corrected chi connectivity index (χ4v) is 5.47. The van der Waals surface area contributed by atoms with Crippen molar-refractivity contribution in [3.63, 3.8) is 0 Å². The number of aryl methyl sites for hydroxylation is 1. The van der Waals surface area contributed by atoms with E-state index in [0.717, 1.165) is 47.5 Å². The van der Waals surface area contributed by atoms with Crippen LogP contribution in [-0.2, 0) is 9.53 Å². The Morgan fingerprint density at radius 3 is 2.42 bits per heavy atom. The molecular formula is C33H34F2N6O4. The topological polar surface area (TPSA) is 129 Å². The standard InChI is InChI=1S/C33H34F2N6O4/c1-18(2)29(40-33(44)45-4)32(43)41-13-5-6-27(41)30-37-17-26(38-30)21-9-7-20(8-10-21)23-15-24(34)25(14-19(23)3)39-31(42)22-11-12-28(35)36-16-22/h7-12,14-18,27,29H,5-6,13H2,1-4H3,(H,37,38)(H,39,42)(H,40,44)/t27-,29-/m0/s1. The van der Waals surface area contributed by atoms with Gasteiger partial charge in [0, 0.05) is 12.7 Å². The number of alkyl carbamates (subject to hydrolysis) is 1. The number of likely N-dealkylation sites (tertiary alicyclic amines) is 1. The number of methoxy groups -OCH3 is 1.